The lowest BCUT2D eigenvalue weighted by Gasteiger charge is -2.20. The number of pyridine rings is 2. The van der Waals surface area contributed by atoms with Crippen LogP contribution in [0.5, 0.6) is 0 Å². The summed E-state index contributed by atoms with van der Waals surface area (Å²) >= 11 is 0. The van der Waals surface area contributed by atoms with Gasteiger partial charge in [0.2, 0.25) is 0 Å². The van der Waals surface area contributed by atoms with Crippen LogP contribution in [0.4, 0.5) is 5.69 Å². The molecule has 0 aliphatic carbocycles. The van der Waals surface area contributed by atoms with E-state index in [4.69, 9.17) is 0 Å². The van der Waals surface area contributed by atoms with Gasteiger partial charge in [-0.15, -0.1) is 0 Å². The van der Waals surface area contributed by atoms with Crippen LogP contribution in [0.3, 0.4) is 0 Å². The number of aryl methyl sites for hydroxylation is 1. The van der Waals surface area contributed by atoms with Crippen molar-refractivity contribution in [2.45, 2.75) is 46.1 Å². The number of aromatic nitrogens is 2. The fourth-order valence-electron chi connectivity index (χ4n) is 3.49. The molecule has 0 fully saturated rings. The molecular weight excluding hydrogens is 362 g/mol. The summed E-state index contributed by atoms with van der Waals surface area (Å²) in [7, 11) is 0. The quantitative estimate of drug-likeness (QED) is 0.548. The van der Waals surface area contributed by atoms with Gasteiger partial charge in [-0.1, -0.05) is 44.4 Å². The second-order valence-corrected chi connectivity index (χ2v) is 7.15. The van der Waals surface area contributed by atoms with Crippen molar-refractivity contribution in [2.24, 2.45) is 0 Å². The highest BCUT2D eigenvalue weighted by Crippen LogP contribution is 2.24. The molecule has 0 atom stereocenters. The van der Waals surface area contributed by atoms with E-state index in [9.17, 15) is 9.59 Å². The van der Waals surface area contributed by atoms with E-state index < -0.39 is 5.91 Å². The minimum absolute atomic E-state index is 0.156. The molecule has 0 unspecified atom stereocenters. The third-order valence-corrected chi connectivity index (χ3v) is 4.95. The van der Waals surface area contributed by atoms with Crippen LogP contribution in [0, 0.1) is 6.92 Å². The smallest absolute Gasteiger partial charge is 0.261 e. The van der Waals surface area contributed by atoms with Gasteiger partial charge in [-0.2, -0.15) is 0 Å². The predicted octanol–water partition coefficient (Wildman–Crippen LogP) is 5.05. The summed E-state index contributed by atoms with van der Waals surface area (Å²) in [6.45, 7) is 4.85. The zero-order valence-electron chi connectivity index (χ0n) is 17.0. The minimum Gasteiger partial charge on any atom is -0.344 e. The van der Waals surface area contributed by atoms with Crippen LogP contribution in [0.25, 0.3) is 11.3 Å². The van der Waals surface area contributed by atoms with Crippen LogP contribution in [0.2, 0.25) is 0 Å². The number of carbonyl (C=O) groups excluding carboxylic acids is 1. The molecule has 5 nitrogen and oxygen atoms in total. The average Bonchev–Trinajstić information content (AvgIpc) is 2.73. The summed E-state index contributed by atoms with van der Waals surface area (Å²) in [6.07, 6.45) is 7.82. The van der Waals surface area contributed by atoms with E-state index >= 15 is 0 Å². The number of carbonyl (C=O) groups is 1. The Hall–Kier alpha value is -3.21. The zero-order valence-corrected chi connectivity index (χ0v) is 17.0. The molecule has 1 aromatic carbocycles. The number of nitrogens with zero attached hydrogens (tertiary/aromatic N) is 2. The second kappa shape index (κ2) is 9.82. The molecule has 2 aromatic heterocycles. The molecule has 150 valence electrons. The molecule has 2 heterocycles. The Morgan fingerprint density at radius 1 is 1.07 bits per heavy atom. The van der Waals surface area contributed by atoms with E-state index in [1.54, 1.807) is 30.6 Å². The predicted molar refractivity (Wildman–Crippen MR) is 117 cm³/mol. The molecule has 0 radical (unpaired) electrons. The van der Waals surface area contributed by atoms with Crippen LogP contribution in [0.15, 0.2) is 65.7 Å². The highest BCUT2D eigenvalue weighted by Gasteiger charge is 2.22. The van der Waals surface area contributed by atoms with Crippen LogP contribution >= 0.6 is 0 Å². The van der Waals surface area contributed by atoms with Crippen molar-refractivity contribution in [1.82, 2.24) is 9.55 Å². The fourth-order valence-corrected chi connectivity index (χ4v) is 3.49. The maximum atomic E-state index is 13.1. The van der Waals surface area contributed by atoms with Crippen LogP contribution in [-0.4, -0.2) is 15.5 Å². The zero-order chi connectivity index (χ0) is 20.6. The van der Waals surface area contributed by atoms with Crippen molar-refractivity contribution in [1.29, 1.82) is 0 Å². The molecule has 0 saturated carbocycles. The Morgan fingerprint density at radius 3 is 2.55 bits per heavy atom. The molecule has 5 heteroatoms. The van der Waals surface area contributed by atoms with E-state index in [0.717, 1.165) is 37.1 Å². The largest absolute Gasteiger partial charge is 0.344 e. The lowest BCUT2D eigenvalue weighted by molar-refractivity contribution is 0.102. The Morgan fingerprint density at radius 2 is 1.86 bits per heavy atom. The third kappa shape index (κ3) is 4.99. The Kier molecular flexibility index (Phi) is 6.95. The lowest BCUT2D eigenvalue weighted by Crippen LogP contribution is -2.26. The molecule has 0 bridgehead atoms. The molecule has 3 aromatic rings. The number of amides is 1. The SMILES string of the molecule is CCCCCCn1c(C)cc(=O)c(C(=O)Nc2ccccc2)c1-c1cccnc1. The molecule has 0 spiro atoms. The number of hydrogen-bond donors (Lipinski definition) is 1. The number of unbranched alkanes of at least 4 members (excludes halogenated alkanes) is 3. The highest BCUT2D eigenvalue weighted by molar-refractivity contribution is 6.08. The molecule has 0 aliphatic rings. The van der Waals surface area contributed by atoms with Gasteiger partial charge in [-0.05, 0) is 37.6 Å². The number of para-hydroxylation sites is 1. The van der Waals surface area contributed by atoms with E-state index in [-0.39, 0.29) is 11.0 Å². The number of nitrogens with one attached hydrogen (secondary N) is 1. The first-order valence-electron chi connectivity index (χ1n) is 10.1. The van der Waals surface area contributed by atoms with Crippen LogP contribution in [0.1, 0.15) is 48.7 Å². The summed E-state index contributed by atoms with van der Waals surface area (Å²) in [6, 6.07) is 14.5. The van der Waals surface area contributed by atoms with Gasteiger partial charge in [0.05, 0.1) is 5.69 Å². The summed E-state index contributed by atoms with van der Waals surface area (Å²) in [4.78, 5) is 30.2. The minimum atomic E-state index is -0.401. The van der Waals surface area contributed by atoms with E-state index in [0.29, 0.717) is 11.4 Å². The summed E-state index contributed by atoms with van der Waals surface area (Å²) in [5.74, 6) is -0.401. The Bertz CT molecular complexity index is 1010. The van der Waals surface area contributed by atoms with Crippen molar-refractivity contribution in [2.75, 3.05) is 5.32 Å². The van der Waals surface area contributed by atoms with Gasteiger partial charge in [0.25, 0.3) is 5.91 Å². The number of anilines is 1. The maximum Gasteiger partial charge on any atom is 0.261 e. The van der Waals surface area contributed by atoms with Gasteiger partial charge >= 0.3 is 0 Å². The molecule has 0 aliphatic heterocycles. The first-order chi connectivity index (χ1) is 14.1. The van der Waals surface area contributed by atoms with Crippen molar-refractivity contribution < 1.29 is 4.79 Å². The number of benzene rings is 1. The van der Waals surface area contributed by atoms with Gasteiger partial charge in [0.1, 0.15) is 5.56 Å². The number of hydrogen-bond acceptors (Lipinski definition) is 3. The summed E-state index contributed by atoms with van der Waals surface area (Å²) in [5.41, 5.74) is 2.78. The summed E-state index contributed by atoms with van der Waals surface area (Å²) in [5, 5.41) is 2.86. The molecule has 1 amide bonds. The van der Waals surface area contributed by atoms with E-state index in [1.807, 2.05) is 37.3 Å². The van der Waals surface area contributed by atoms with Gasteiger partial charge in [-0.3, -0.25) is 14.6 Å². The fraction of sp³-hybridized carbons (Fsp3) is 0.292. The molecule has 1 N–H and O–H groups in total. The van der Waals surface area contributed by atoms with Crippen LogP contribution in [-0.2, 0) is 6.54 Å². The molecule has 0 saturated heterocycles. The normalized spacial score (nSPS) is 10.7. The lowest BCUT2D eigenvalue weighted by atomic mass is 10.0. The van der Waals surface area contributed by atoms with E-state index in [1.165, 1.54) is 6.42 Å². The maximum absolute atomic E-state index is 13.1. The first kappa shape index (κ1) is 20.5. The topological polar surface area (TPSA) is 64.0 Å². The third-order valence-electron chi connectivity index (χ3n) is 4.95. The first-order valence-corrected chi connectivity index (χ1v) is 10.1. The van der Waals surface area contributed by atoms with Crippen molar-refractivity contribution in [3.8, 4) is 11.3 Å². The second-order valence-electron chi connectivity index (χ2n) is 7.15. The van der Waals surface area contributed by atoms with Crippen LogP contribution < -0.4 is 10.7 Å². The van der Waals surface area contributed by atoms with Crippen molar-refractivity contribution in [3.05, 3.63) is 82.4 Å². The van der Waals surface area contributed by atoms with Crippen molar-refractivity contribution >= 4 is 11.6 Å². The summed E-state index contributed by atoms with van der Waals surface area (Å²) < 4.78 is 2.08. The van der Waals surface area contributed by atoms with Gasteiger partial charge < -0.3 is 9.88 Å². The molecule has 3 rings (SSSR count). The van der Waals surface area contributed by atoms with Gasteiger partial charge in [0, 0.05) is 41.9 Å². The van der Waals surface area contributed by atoms with E-state index in [2.05, 4.69) is 21.8 Å². The highest BCUT2D eigenvalue weighted by atomic mass is 16.2. The molecular formula is C24H27N3O2. The Labute approximate surface area is 171 Å². The molecule has 29 heavy (non-hydrogen) atoms. The number of rotatable bonds is 8. The monoisotopic (exact) mass is 389 g/mol. The average molecular weight is 389 g/mol. The standard InChI is InChI=1S/C24H27N3O2/c1-3-4-5-9-15-27-18(2)16-21(28)22(23(27)19-11-10-14-25-17-19)24(29)26-20-12-7-6-8-13-20/h6-8,10-14,16-17H,3-5,9,15H2,1-2H3,(H,26,29). The van der Waals surface area contributed by atoms with Crippen molar-refractivity contribution in [3.63, 3.8) is 0 Å². The van der Waals surface area contributed by atoms with Gasteiger partial charge in [-0.25, -0.2) is 0 Å². The Balaban J connectivity index is 2.08. The van der Waals surface area contributed by atoms with Gasteiger partial charge in [0.15, 0.2) is 5.43 Å².